The van der Waals surface area contributed by atoms with E-state index in [-0.39, 0.29) is 5.41 Å². The first-order valence-corrected chi connectivity index (χ1v) is 8.10. The maximum absolute atomic E-state index is 6.14. The molecule has 2 aromatic carbocycles. The molecule has 0 amide bonds. The Hall–Kier alpha value is -2.06. The lowest BCUT2D eigenvalue weighted by Gasteiger charge is -2.20. The molecule has 0 fully saturated rings. The Labute approximate surface area is 143 Å². The van der Waals surface area contributed by atoms with E-state index < -0.39 is 0 Å². The third-order valence-electron chi connectivity index (χ3n) is 4.36. The van der Waals surface area contributed by atoms with Gasteiger partial charge in [0.15, 0.2) is 0 Å². The molecule has 1 aliphatic heterocycles. The molecule has 0 saturated carbocycles. The lowest BCUT2D eigenvalue weighted by molar-refractivity contribution is 0.740. The van der Waals surface area contributed by atoms with Gasteiger partial charge in [-0.1, -0.05) is 43.7 Å². The van der Waals surface area contributed by atoms with Crippen LogP contribution in [-0.4, -0.2) is 19.8 Å². The summed E-state index contributed by atoms with van der Waals surface area (Å²) >= 11 is 6.14. The van der Waals surface area contributed by atoms with Gasteiger partial charge >= 0.3 is 0 Å². The summed E-state index contributed by atoms with van der Waals surface area (Å²) in [6, 6.07) is 14.4. The van der Waals surface area contributed by atoms with Crippen molar-refractivity contribution in [1.82, 2.24) is 0 Å². The second-order valence-corrected chi connectivity index (χ2v) is 7.04. The van der Waals surface area contributed by atoms with Crippen molar-refractivity contribution >= 4 is 34.8 Å². The molecule has 0 saturated heterocycles. The van der Waals surface area contributed by atoms with E-state index in [1.807, 2.05) is 32.3 Å². The Morgan fingerprint density at radius 3 is 2.35 bits per heavy atom. The van der Waals surface area contributed by atoms with E-state index in [1.165, 1.54) is 16.8 Å². The normalized spacial score (nSPS) is 15.6. The number of benzene rings is 2. The highest BCUT2D eigenvalue weighted by molar-refractivity contribution is 6.31. The topological polar surface area (TPSA) is 15.6 Å². The van der Waals surface area contributed by atoms with E-state index in [0.29, 0.717) is 0 Å². The van der Waals surface area contributed by atoms with Gasteiger partial charge in [0.1, 0.15) is 0 Å². The standard InChI is InChI=1S/C20H21ClN2/c1-20(2)17-13-15(21)8-11-18(17)22-19(20)12-7-14-5-9-16(10-6-14)23(3)4/h5-13H,1-4H3/b12-7+. The van der Waals surface area contributed by atoms with Gasteiger partial charge in [-0.05, 0) is 47.5 Å². The predicted molar refractivity (Wildman–Crippen MR) is 101 cm³/mol. The monoisotopic (exact) mass is 324 g/mol. The zero-order valence-corrected chi connectivity index (χ0v) is 14.7. The Morgan fingerprint density at radius 1 is 1.00 bits per heavy atom. The summed E-state index contributed by atoms with van der Waals surface area (Å²) < 4.78 is 0. The Morgan fingerprint density at radius 2 is 1.70 bits per heavy atom. The van der Waals surface area contributed by atoms with Crippen molar-refractivity contribution in [2.24, 2.45) is 4.99 Å². The van der Waals surface area contributed by atoms with Crippen LogP contribution in [0.2, 0.25) is 5.02 Å². The maximum Gasteiger partial charge on any atom is 0.0675 e. The van der Waals surface area contributed by atoms with E-state index >= 15 is 0 Å². The van der Waals surface area contributed by atoms with Gasteiger partial charge in [-0.2, -0.15) is 0 Å². The van der Waals surface area contributed by atoms with Crippen LogP contribution >= 0.6 is 11.6 Å². The summed E-state index contributed by atoms with van der Waals surface area (Å²) in [6.45, 7) is 4.38. The van der Waals surface area contributed by atoms with Crippen LogP contribution in [0.15, 0.2) is 53.5 Å². The molecule has 0 aromatic heterocycles. The second kappa shape index (κ2) is 5.86. The number of hydrogen-bond acceptors (Lipinski definition) is 2. The molecule has 0 atom stereocenters. The number of anilines is 1. The van der Waals surface area contributed by atoms with Crippen molar-refractivity contribution in [1.29, 1.82) is 0 Å². The predicted octanol–water partition coefficient (Wildman–Crippen LogP) is 5.48. The van der Waals surface area contributed by atoms with Crippen LogP contribution in [0.3, 0.4) is 0 Å². The first-order valence-electron chi connectivity index (χ1n) is 7.72. The minimum absolute atomic E-state index is 0.125. The van der Waals surface area contributed by atoms with Gasteiger partial charge in [-0.3, -0.25) is 4.99 Å². The molecular weight excluding hydrogens is 304 g/mol. The summed E-state index contributed by atoms with van der Waals surface area (Å²) in [5, 5.41) is 0.761. The van der Waals surface area contributed by atoms with Crippen molar-refractivity contribution in [2.45, 2.75) is 19.3 Å². The molecule has 0 spiro atoms. The SMILES string of the molecule is CN(C)c1ccc(/C=C/C2=Nc3ccc(Cl)cc3C2(C)C)cc1. The zero-order valence-electron chi connectivity index (χ0n) is 14.0. The molecule has 3 rings (SSSR count). The molecule has 0 bridgehead atoms. The van der Waals surface area contributed by atoms with Crippen LogP contribution in [0.25, 0.3) is 6.08 Å². The first-order chi connectivity index (χ1) is 10.9. The zero-order chi connectivity index (χ0) is 16.6. The highest BCUT2D eigenvalue weighted by Gasteiger charge is 2.33. The van der Waals surface area contributed by atoms with Crippen molar-refractivity contribution in [2.75, 3.05) is 19.0 Å². The van der Waals surface area contributed by atoms with Crippen LogP contribution in [0.4, 0.5) is 11.4 Å². The first kappa shape index (κ1) is 15.8. The Bertz CT molecular complexity index is 784. The summed E-state index contributed by atoms with van der Waals surface area (Å²) in [7, 11) is 4.09. The molecule has 0 N–H and O–H groups in total. The number of halogens is 1. The molecule has 23 heavy (non-hydrogen) atoms. The van der Waals surface area contributed by atoms with Crippen molar-refractivity contribution in [3.63, 3.8) is 0 Å². The molecule has 2 nitrogen and oxygen atoms in total. The number of aliphatic imine (C=N–C) groups is 1. The average Bonchev–Trinajstić information content (AvgIpc) is 2.76. The lowest BCUT2D eigenvalue weighted by atomic mass is 9.81. The van der Waals surface area contributed by atoms with Gasteiger partial charge in [-0.25, -0.2) is 0 Å². The van der Waals surface area contributed by atoms with Gasteiger partial charge in [-0.15, -0.1) is 0 Å². The van der Waals surface area contributed by atoms with E-state index in [4.69, 9.17) is 16.6 Å². The largest absolute Gasteiger partial charge is 0.378 e. The van der Waals surface area contributed by atoms with Gasteiger partial charge in [0, 0.05) is 30.2 Å². The smallest absolute Gasteiger partial charge is 0.0675 e. The third-order valence-corrected chi connectivity index (χ3v) is 4.59. The summed E-state index contributed by atoms with van der Waals surface area (Å²) in [5.41, 5.74) is 5.51. The quantitative estimate of drug-likeness (QED) is 0.729. The fraction of sp³-hybridized carbons (Fsp3) is 0.250. The number of hydrogen-bond donors (Lipinski definition) is 0. The minimum atomic E-state index is -0.125. The third kappa shape index (κ3) is 3.04. The molecule has 0 aliphatic carbocycles. The fourth-order valence-corrected chi connectivity index (χ4v) is 2.99. The average molecular weight is 325 g/mol. The van der Waals surface area contributed by atoms with Crippen molar-refractivity contribution in [3.8, 4) is 0 Å². The van der Waals surface area contributed by atoms with E-state index in [9.17, 15) is 0 Å². The Kier molecular flexibility index (Phi) is 4.03. The molecule has 1 heterocycles. The second-order valence-electron chi connectivity index (χ2n) is 6.60. The van der Waals surface area contributed by atoms with Crippen LogP contribution in [0.5, 0.6) is 0 Å². The number of nitrogens with zero attached hydrogens (tertiary/aromatic N) is 2. The lowest BCUT2D eigenvalue weighted by Crippen LogP contribution is -2.23. The summed E-state index contributed by atoms with van der Waals surface area (Å²) in [6.07, 6.45) is 4.23. The molecule has 3 heteroatoms. The molecule has 2 aromatic rings. The van der Waals surface area contributed by atoms with Crippen LogP contribution in [0.1, 0.15) is 25.0 Å². The molecule has 1 aliphatic rings. The fourth-order valence-electron chi connectivity index (χ4n) is 2.82. The molecular formula is C20H21ClN2. The highest BCUT2D eigenvalue weighted by atomic mass is 35.5. The summed E-state index contributed by atoms with van der Waals surface area (Å²) in [5.74, 6) is 0. The number of allylic oxidation sites excluding steroid dienone is 1. The van der Waals surface area contributed by atoms with Crippen LogP contribution in [-0.2, 0) is 5.41 Å². The van der Waals surface area contributed by atoms with E-state index in [0.717, 1.165) is 16.4 Å². The van der Waals surface area contributed by atoms with E-state index in [1.54, 1.807) is 0 Å². The van der Waals surface area contributed by atoms with E-state index in [2.05, 4.69) is 55.2 Å². The van der Waals surface area contributed by atoms with Gasteiger partial charge < -0.3 is 4.90 Å². The van der Waals surface area contributed by atoms with Gasteiger partial charge in [0.2, 0.25) is 0 Å². The molecule has 0 unspecified atom stereocenters. The highest BCUT2D eigenvalue weighted by Crippen LogP contribution is 2.41. The van der Waals surface area contributed by atoms with Gasteiger partial charge in [0.25, 0.3) is 0 Å². The number of rotatable bonds is 3. The molecule has 118 valence electrons. The van der Waals surface area contributed by atoms with Gasteiger partial charge in [0.05, 0.1) is 11.4 Å². The Balaban J connectivity index is 1.86. The summed E-state index contributed by atoms with van der Waals surface area (Å²) in [4.78, 5) is 6.86. The van der Waals surface area contributed by atoms with Crippen molar-refractivity contribution in [3.05, 3.63) is 64.7 Å². The van der Waals surface area contributed by atoms with Crippen LogP contribution in [0, 0.1) is 0 Å². The van der Waals surface area contributed by atoms with Crippen molar-refractivity contribution < 1.29 is 0 Å². The van der Waals surface area contributed by atoms with Crippen LogP contribution < -0.4 is 4.90 Å². The maximum atomic E-state index is 6.14. The number of fused-ring (bicyclic) bond motifs is 1. The molecule has 0 radical (unpaired) electrons. The minimum Gasteiger partial charge on any atom is -0.378 e.